The van der Waals surface area contributed by atoms with Crippen molar-refractivity contribution in [2.24, 2.45) is 0 Å². The van der Waals surface area contributed by atoms with Crippen molar-refractivity contribution in [3.05, 3.63) is 11.4 Å². The largest absolute Gasteiger partial charge is 0.343 e. The summed E-state index contributed by atoms with van der Waals surface area (Å²) in [6.07, 6.45) is 3.36. The van der Waals surface area contributed by atoms with Crippen LogP contribution in [0.15, 0.2) is 11.4 Å². The van der Waals surface area contributed by atoms with E-state index in [2.05, 4.69) is 0 Å². The molecule has 0 radical (unpaired) electrons. The second-order valence-corrected chi connectivity index (χ2v) is 3.05. The number of hydrogen-bond acceptors (Lipinski definition) is 1. The Labute approximate surface area is 56.5 Å². The monoisotopic (exact) mass is 148 g/mol. The molecule has 0 aromatic heterocycles. The fourth-order valence-corrected chi connectivity index (χ4v) is 1.31. The second kappa shape index (κ2) is 4.78. The average molecular weight is 148 g/mol. The Bertz CT molecular complexity index is 129. The molecule has 2 nitrogen and oxygen atoms in total. The van der Waals surface area contributed by atoms with Gasteiger partial charge >= 0.3 is 0 Å². The molecule has 0 amide bonds. The van der Waals surface area contributed by atoms with Gasteiger partial charge in [0.05, 0.1) is 0 Å². The van der Waals surface area contributed by atoms with Crippen LogP contribution in [-0.2, 0) is 4.57 Å². The summed E-state index contributed by atoms with van der Waals surface area (Å²) >= 11 is 0. The molecule has 0 spiro atoms. The summed E-state index contributed by atoms with van der Waals surface area (Å²) in [4.78, 5) is 8.62. The van der Waals surface area contributed by atoms with E-state index >= 15 is 0 Å². The summed E-state index contributed by atoms with van der Waals surface area (Å²) in [5, 5.41) is 0.697. The summed E-state index contributed by atoms with van der Waals surface area (Å²) in [5.41, 5.74) is 0. The third-order valence-electron chi connectivity index (χ3n) is 1.11. The van der Waals surface area contributed by atoms with Crippen LogP contribution in [0.2, 0.25) is 0 Å². The van der Waals surface area contributed by atoms with Gasteiger partial charge in [0.15, 0.2) is 0 Å². The van der Waals surface area contributed by atoms with Crippen molar-refractivity contribution in [1.82, 2.24) is 0 Å². The summed E-state index contributed by atoms with van der Waals surface area (Å²) in [6.45, 7) is 3.85. The fourth-order valence-electron chi connectivity index (χ4n) is 0.629. The Morgan fingerprint density at radius 2 is 2.22 bits per heavy atom. The SMILES string of the molecule is CC/C=C(\CC)[PH](=O)O. The molecule has 0 bridgehead atoms. The summed E-state index contributed by atoms with van der Waals surface area (Å²) < 4.78 is 10.4. The number of allylic oxidation sites excluding steroid dienone is 2. The molecule has 1 N–H and O–H groups in total. The Hall–Kier alpha value is -0.0700. The lowest BCUT2D eigenvalue weighted by molar-refractivity contribution is 0.508. The van der Waals surface area contributed by atoms with Crippen LogP contribution in [-0.4, -0.2) is 4.89 Å². The topological polar surface area (TPSA) is 37.3 Å². The van der Waals surface area contributed by atoms with E-state index in [1.807, 2.05) is 19.9 Å². The zero-order valence-corrected chi connectivity index (χ0v) is 6.85. The maximum absolute atomic E-state index is 10.4. The van der Waals surface area contributed by atoms with Gasteiger partial charge < -0.3 is 4.89 Å². The van der Waals surface area contributed by atoms with E-state index in [9.17, 15) is 4.57 Å². The van der Waals surface area contributed by atoms with Crippen LogP contribution >= 0.6 is 8.03 Å². The maximum atomic E-state index is 10.4. The fraction of sp³-hybridized carbons (Fsp3) is 0.667. The first-order chi connectivity index (χ1) is 4.22. The molecule has 0 aliphatic heterocycles. The minimum absolute atomic E-state index is 0.697. The van der Waals surface area contributed by atoms with Gasteiger partial charge in [-0.25, -0.2) is 0 Å². The highest BCUT2D eigenvalue weighted by Crippen LogP contribution is 2.29. The Balaban J connectivity index is 3.98. The number of hydrogen-bond donors (Lipinski definition) is 1. The number of rotatable bonds is 3. The molecule has 0 aromatic rings. The molecule has 0 fully saturated rings. The molecular formula is C6H13O2P. The quantitative estimate of drug-likeness (QED) is 0.622. The smallest absolute Gasteiger partial charge is 0.213 e. The van der Waals surface area contributed by atoms with Crippen LogP contribution in [0.1, 0.15) is 26.7 Å². The molecule has 3 heteroatoms. The molecule has 0 saturated carbocycles. The Kier molecular flexibility index (Phi) is 4.74. The summed E-state index contributed by atoms with van der Waals surface area (Å²) in [5.74, 6) is 0. The molecule has 9 heavy (non-hydrogen) atoms. The Morgan fingerprint density at radius 1 is 1.67 bits per heavy atom. The van der Waals surface area contributed by atoms with Crippen molar-refractivity contribution < 1.29 is 9.46 Å². The average Bonchev–Trinajstić information content (AvgIpc) is 1.82. The van der Waals surface area contributed by atoms with E-state index in [0.717, 1.165) is 6.42 Å². The minimum atomic E-state index is -2.38. The summed E-state index contributed by atoms with van der Waals surface area (Å²) in [7, 11) is -2.38. The van der Waals surface area contributed by atoms with Crippen LogP contribution in [0.5, 0.6) is 0 Å². The molecule has 0 heterocycles. The minimum Gasteiger partial charge on any atom is -0.343 e. The van der Waals surface area contributed by atoms with Gasteiger partial charge in [-0.2, -0.15) is 0 Å². The zero-order valence-electron chi connectivity index (χ0n) is 5.85. The van der Waals surface area contributed by atoms with Gasteiger partial charge in [-0.05, 0) is 12.8 Å². The normalized spacial score (nSPS) is 15.7. The standard InChI is InChI=1S/C6H13O2P/c1-3-5-6(4-2)9(7)8/h5,9H,3-4H2,1-2H3,(H,7,8)/b6-5+. The van der Waals surface area contributed by atoms with Crippen molar-refractivity contribution in [3.63, 3.8) is 0 Å². The molecular weight excluding hydrogens is 135 g/mol. The molecule has 0 aromatic carbocycles. The second-order valence-electron chi connectivity index (χ2n) is 1.80. The van der Waals surface area contributed by atoms with Crippen LogP contribution in [0.25, 0.3) is 0 Å². The first kappa shape index (κ1) is 8.93. The molecule has 54 valence electrons. The highest BCUT2D eigenvalue weighted by Gasteiger charge is 1.96. The van der Waals surface area contributed by atoms with Crippen LogP contribution < -0.4 is 0 Å². The van der Waals surface area contributed by atoms with Crippen molar-refractivity contribution in [2.45, 2.75) is 26.7 Å². The van der Waals surface area contributed by atoms with Gasteiger partial charge in [-0.15, -0.1) is 0 Å². The zero-order chi connectivity index (χ0) is 7.28. The molecule has 1 atom stereocenters. The van der Waals surface area contributed by atoms with Gasteiger partial charge in [0.2, 0.25) is 8.03 Å². The van der Waals surface area contributed by atoms with Gasteiger partial charge in [-0.1, -0.05) is 19.9 Å². The van der Waals surface area contributed by atoms with Crippen molar-refractivity contribution in [3.8, 4) is 0 Å². The van der Waals surface area contributed by atoms with E-state index in [4.69, 9.17) is 4.89 Å². The van der Waals surface area contributed by atoms with Crippen LogP contribution in [0, 0.1) is 0 Å². The van der Waals surface area contributed by atoms with Crippen LogP contribution in [0.4, 0.5) is 0 Å². The predicted molar refractivity (Wildman–Crippen MR) is 39.9 cm³/mol. The third-order valence-corrected chi connectivity index (χ3v) is 2.21. The van der Waals surface area contributed by atoms with Gasteiger partial charge in [0, 0.05) is 5.31 Å². The highest BCUT2D eigenvalue weighted by molar-refractivity contribution is 7.43. The maximum Gasteiger partial charge on any atom is 0.213 e. The van der Waals surface area contributed by atoms with E-state index in [0.29, 0.717) is 11.7 Å². The first-order valence-electron chi connectivity index (χ1n) is 3.14. The van der Waals surface area contributed by atoms with Crippen molar-refractivity contribution in [1.29, 1.82) is 0 Å². The van der Waals surface area contributed by atoms with E-state index in [1.165, 1.54) is 0 Å². The predicted octanol–water partition coefficient (Wildman–Crippen LogP) is 2.16. The highest BCUT2D eigenvalue weighted by atomic mass is 31.1. The van der Waals surface area contributed by atoms with Crippen molar-refractivity contribution in [2.75, 3.05) is 0 Å². The molecule has 0 rings (SSSR count). The lowest BCUT2D eigenvalue weighted by Gasteiger charge is -1.95. The van der Waals surface area contributed by atoms with Gasteiger partial charge in [0.25, 0.3) is 0 Å². The molecule has 0 aliphatic rings. The van der Waals surface area contributed by atoms with E-state index < -0.39 is 8.03 Å². The summed E-state index contributed by atoms with van der Waals surface area (Å²) in [6, 6.07) is 0. The van der Waals surface area contributed by atoms with E-state index in [1.54, 1.807) is 0 Å². The molecule has 1 unspecified atom stereocenters. The molecule has 0 saturated heterocycles. The van der Waals surface area contributed by atoms with Crippen molar-refractivity contribution >= 4 is 8.03 Å². The first-order valence-corrected chi connectivity index (χ1v) is 4.50. The third kappa shape index (κ3) is 3.50. The van der Waals surface area contributed by atoms with E-state index in [-0.39, 0.29) is 0 Å². The van der Waals surface area contributed by atoms with Crippen LogP contribution in [0.3, 0.4) is 0 Å². The molecule has 0 aliphatic carbocycles. The lowest BCUT2D eigenvalue weighted by atomic mass is 10.3. The van der Waals surface area contributed by atoms with Gasteiger partial charge in [0.1, 0.15) is 0 Å². The lowest BCUT2D eigenvalue weighted by Crippen LogP contribution is -1.71. The Morgan fingerprint density at radius 3 is 2.33 bits per heavy atom. The van der Waals surface area contributed by atoms with Gasteiger partial charge in [-0.3, -0.25) is 4.57 Å².